The maximum absolute atomic E-state index is 9.81. The molecule has 0 aliphatic rings. The molecule has 0 aromatic heterocycles. The second kappa shape index (κ2) is 3.20. The summed E-state index contributed by atoms with van der Waals surface area (Å²) in [5.74, 6) is -0.231. The molecular formula is C3H5AlO2. The summed E-state index contributed by atoms with van der Waals surface area (Å²) >= 11 is 2.28. The topological polar surface area (TPSA) is 26.3 Å². The van der Waals surface area contributed by atoms with Gasteiger partial charge in [0, 0.05) is 12.4 Å². The molecule has 0 amide bonds. The number of hydrogen-bond donors (Lipinski definition) is 0. The predicted molar refractivity (Wildman–Crippen MR) is 22.4 cm³/mol. The van der Waals surface area contributed by atoms with E-state index in [0.29, 0.717) is 5.47 Å². The van der Waals surface area contributed by atoms with Gasteiger partial charge in [-0.2, -0.15) is 0 Å². The van der Waals surface area contributed by atoms with Crippen LogP contribution in [-0.4, -0.2) is 27.7 Å². The lowest BCUT2D eigenvalue weighted by Gasteiger charge is -1.90. The van der Waals surface area contributed by atoms with Crippen molar-refractivity contribution in [2.24, 2.45) is 0 Å². The van der Waals surface area contributed by atoms with Gasteiger partial charge in [0.1, 0.15) is 0 Å². The molecular weight excluding hydrogens is 95.0 g/mol. The number of carbonyl (C=O) groups is 1. The Balaban J connectivity index is 2.83. The van der Waals surface area contributed by atoms with Crippen LogP contribution in [0, 0.1) is 0 Å². The molecule has 0 rings (SSSR count). The average molecular weight is 100 g/mol. The third-order valence-corrected chi connectivity index (χ3v) is 0.453. The van der Waals surface area contributed by atoms with Gasteiger partial charge in [0.2, 0.25) is 0 Å². The van der Waals surface area contributed by atoms with Gasteiger partial charge < -0.3 is 4.74 Å². The highest BCUT2D eigenvalue weighted by Gasteiger charge is 1.81. The van der Waals surface area contributed by atoms with Crippen molar-refractivity contribution >= 4 is 22.3 Å². The molecule has 0 saturated carbocycles. The number of esters is 1. The van der Waals surface area contributed by atoms with E-state index in [1.807, 2.05) is 0 Å². The van der Waals surface area contributed by atoms with E-state index < -0.39 is 0 Å². The third kappa shape index (κ3) is 4.00. The van der Waals surface area contributed by atoms with Gasteiger partial charge in [-0.1, -0.05) is 0 Å². The molecule has 6 heavy (non-hydrogen) atoms. The Bertz CT molecular complexity index is 52.8. The summed E-state index contributed by atoms with van der Waals surface area (Å²) in [4.78, 5) is 9.81. The van der Waals surface area contributed by atoms with Crippen LogP contribution in [0.25, 0.3) is 0 Å². The van der Waals surface area contributed by atoms with Crippen LogP contribution in [0.15, 0.2) is 0 Å². The molecule has 0 N–H and O–H groups in total. The van der Waals surface area contributed by atoms with Gasteiger partial charge in [-0.3, -0.25) is 4.79 Å². The Morgan fingerprint density at radius 3 is 2.50 bits per heavy atom. The minimum atomic E-state index is -0.231. The largest absolute Gasteiger partial charge is 0.485 e. The third-order valence-electron chi connectivity index (χ3n) is 0.287. The van der Waals surface area contributed by atoms with Crippen molar-refractivity contribution in [1.29, 1.82) is 0 Å². The molecule has 0 aliphatic heterocycles. The number of hydrogen-bond acceptors (Lipinski definition) is 2. The van der Waals surface area contributed by atoms with Crippen LogP contribution in [-0.2, 0) is 9.53 Å². The van der Waals surface area contributed by atoms with E-state index in [1.165, 1.54) is 6.92 Å². The van der Waals surface area contributed by atoms with Crippen molar-refractivity contribution in [2.45, 2.75) is 6.92 Å². The minimum Gasteiger partial charge on any atom is -0.485 e. The quantitative estimate of drug-likeness (QED) is 0.333. The van der Waals surface area contributed by atoms with Crippen LogP contribution in [0.5, 0.6) is 0 Å². The van der Waals surface area contributed by atoms with Crippen molar-refractivity contribution < 1.29 is 9.53 Å². The van der Waals surface area contributed by atoms with E-state index >= 15 is 0 Å². The first-order valence-corrected chi connectivity index (χ1v) is 2.42. The van der Waals surface area contributed by atoms with Crippen molar-refractivity contribution in [2.75, 3.05) is 5.47 Å². The Labute approximate surface area is 44.9 Å². The molecule has 0 bridgehead atoms. The van der Waals surface area contributed by atoms with E-state index in [4.69, 9.17) is 0 Å². The molecule has 0 saturated heterocycles. The van der Waals surface area contributed by atoms with Gasteiger partial charge in [-0.25, -0.2) is 0 Å². The standard InChI is InChI=1S/C3H5O2.Al/c1-3(4)5-2;/h2H2,1H3;. The zero-order valence-electron chi connectivity index (χ0n) is 3.60. The van der Waals surface area contributed by atoms with Crippen LogP contribution in [0.2, 0.25) is 0 Å². The van der Waals surface area contributed by atoms with Gasteiger partial charge in [-0.15, -0.1) is 0 Å². The molecule has 2 nitrogen and oxygen atoms in total. The lowest BCUT2D eigenvalue weighted by Crippen LogP contribution is -1.98. The zero-order valence-corrected chi connectivity index (χ0v) is 4.76. The molecule has 32 valence electrons. The van der Waals surface area contributed by atoms with Gasteiger partial charge >= 0.3 is 5.97 Å². The maximum Gasteiger partial charge on any atom is 0.301 e. The van der Waals surface area contributed by atoms with E-state index in [1.54, 1.807) is 0 Å². The molecule has 0 aromatic carbocycles. The van der Waals surface area contributed by atoms with Gasteiger partial charge in [0.15, 0.2) is 16.3 Å². The Kier molecular flexibility index (Phi) is 3.20. The Morgan fingerprint density at radius 2 is 2.50 bits per heavy atom. The van der Waals surface area contributed by atoms with Crippen molar-refractivity contribution in [3.8, 4) is 0 Å². The first-order valence-electron chi connectivity index (χ1n) is 1.61. The average Bonchev–Trinajstić information content (AvgIpc) is 1.35. The molecule has 0 aliphatic carbocycles. The van der Waals surface area contributed by atoms with Crippen molar-refractivity contribution in [1.82, 2.24) is 0 Å². The van der Waals surface area contributed by atoms with Crippen LogP contribution in [0.4, 0.5) is 0 Å². The molecule has 2 radical (unpaired) electrons. The van der Waals surface area contributed by atoms with Crippen molar-refractivity contribution in [3.05, 3.63) is 0 Å². The number of carbonyl (C=O) groups excluding carboxylic acids is 1. The molecule has 0 heterocycles. The second-order valence-corrected chi connectivity index (χ2v) is 1.14. The summed E-state index contributed by atoms with van der Waals surface area (Å²) in [6, 6.07) is 0. The highest BCUT2D eigenvalue weighted by Crippen LogP contribution is 1.66. The monoisotopic (exact) mass is 100 g/mol. The highest BCUT2D eigenvalue weighted by atomic mass is 27.0. The summed E-state index contributed by atoms with van der Waals surface area (Å²) in [6.07, 6.45) is 0. The molecule has 0 spiro atoms. The predicted octanol–water partition coefficient (Wildman–Crippen LogP) is -0.325. The first kappa shape index (κ1) is 6.00. The van der Waals surface area contributed by atoms with E-state index in [9.17, 15) is 4.79 Å². The summed E-state index contributed by atoms with van der Waals surface area (Å²) in [5.41, 5.74) is 0.398. The van der Waals surface area contributed by atoms with E-state index in [2.05, 4.69) is 21.0 Å². The summed E-state index contributed by atoms with van der Waals surface area (Å²) in [7, 11) is 0. The Hall–Kier alpha value is 0.00247. The van der Waals surface area contributed by atoms with Crippen LogP contribution < -0.4 is 0 Å². The lowest BCUT2D eigenvalue weighted by molar-refractivity contribution is -0.138. The lowest BCUT2D eigenvalue weighted by atomic mass is 10.8. The fraction of sp³-hybridized carbons (Fsp3) is 0.667. The molecule has 0 fully saturated rings. The van der Waals surface area contributed by atoms with E-state index in [0.717, 1.165) is 0 Å². The van der Waals surface area contributed by atoms with Gasteiger partial charge in [-0.05, 0) is 0 Å². The number of ether oxygens (including phenoxy) is 1. The normalized spacial score (nSPS) is 7.50. The molecule has 3 heteroatoms. The maximum atomic E-state index is 9.81. The zero-order chi connectivity index (χ0) is 4.99. The van der Waals surface area contributed by atoms with E-state index in [-0.39, 0.29) is 5.97 Å². The smallest absolute Gasteiger partial charge is 0.301 e. The highest BCUT2D eigenvalue weighted by molar-refractivity contribution is 6.08. The van der Waals surface area contributed by atoms with Crippen molar-refractivity contribution in [3.63, 3.8) is 0 Å². The molecule has 0 aromatic rings. The molecule has 0 atom stereocenters. The minimum absolute atomic E-state index is 0.231. The first-order chi connectivity index (χ1) is 2.77. The fourth-order valence-corrected chi connectivity index (χ4v) is 0.352. The summed E-state index contributed by atoms with van der Waals surface area (Å²) in [6.45, 7) is 1.38. The fourth-order valence-electron chi connectivity index (χ4n) is 0.117. The molecule has 0 unspecified atom stereocenters. The summed E-state index contributed by atoms with van der Waals surface area (Å²) < 4.78 is 4.37. The van der Waals surface area contributed by atoms with Crippen LogP contribution in [0.3, 0.4) is 0 Å². The van der Waals surface area contributed by atoms with Gasteiger partial charge in [0.25, 0.3) is 0 Å². The Morgan fingerprint density at radius 1 is 2.00 bits per heavy atom. The van der Waals surface area contributed by atoms with Gasteiger partial charge in [0.05, 0.1) is 0 Å². The van der Waals surface area contributed by atoms with Crippen LogP contribution >= 0.6 is 0 Å². The SMILES string of the molecule is CC(=O)O[CH2][Al]. The summed E-state index contributed by atoms with van der Waals surface area (Å²) in [5, 5.41) is 0. The van der Waals surface area contributed by atoms with Crippen LogP contribution in [0.1, 0.15) is 6.92 Å². The number of rotatable bonds is 1. The second-order valence-electron chi connectivity index (χ2n) is 0.803.